The Kier molecular flexibility index (Phi) is 5.15. The SMILES string of the molecule is CC(NC(=O)N1CCC(C(=O)O)CC1)c1nc(-c2cccc(F)c2)no1. The number of hydrogen-bond donors (Lipinski definition) is 2. The molecule has 0 spiro atoms. The average Bonchev–Trinajstić information content (AvgIpc) is 3.12. The molecule has 26 heavy (non-hydrogen) atoms. The van der Waals surface area contributed by atoms with E-state index in [1.54, 1.807) is 24.0 Å². The van der Waals surface area contributed by atoms with Crippen LogP contribution in [0.3, 0.4) is 0 Å². The minimum absolute atomic E-state index is 0.207. The minimum Gasteiger partial charge on any atom is -0.481 e. The number of nitrogens with zero attached hydrogens (tertiary/aromatic N) is 3. The first kappa shape index (κ1) is 17.8. The highest BCUT2D eigenvalue weighted by Gasteiger charge is 2.28. The van der Waals surface area contributed by atoms with Gasteiger partial charge in [0.15, 0.2) is 0 Å². The molecule has 0 saturated carbocycles. The number of halogens is 1. The van der Waals surface area contributed by atoms with Crippen LogP contribution >= 0.6 is 0 Å². The maximum absolute atomic E-state index is 13.3. The monoisotopic (exact) mass is 362 g/mol. The summed E-state index contributed by atoms with van der Waals surface area (Å²) in [5, 5.41) is 15.6. The molecule has 138 valence electrons. The van der Waals surface area contributed by atoms with Gasteiger partial charge in [0.25, 0.3) is 0 Å². The van der Waals surface area contributed by atoms with Crippen molar-refractivity contribution in [3.63, 3.8) is 0 Å². The fourth-order valence-corrected chi connectivity index (χ4v) is 2.82. The first-order valence-corrected chi connectivity index (χ1v) is 8.32. The Labute approximate surface area is 149 Å². The van der Waals surface area contributed by atoms with Gasteiger partial charge in [-0.3, -0.25) is 4.79 Å². The molecule has 0 radical (unpaired) electrons. The van der Waals surface area contributed by atoms with Gasteiger partial charge in [-0.2, -0.15) is 4.98 Å². The van der Waals surface area contributed by atoms with Crippen molar-refractivity contribution in [2.75, 3.05) is 13.1 Å². The largest absolute Gasteiger partial charge is 0.481 e. The standard InChI is InChI=1S/C17H19FN4O4/c1-10(19-17(25)22-7-5-11(6-8-22)16(23)24)15-20-14(21-26-15)12-3-2-4-13(18)9-12/h2-4,9-11H,5-8H2,1H3,(H,19,25)(H,23,24). The zero-order valence-corrected chi connectivity index (χ0v) is 14.2. The fourth-order valence-electron chi connectivity index (χ4n) is 2.82. The van der Waals surface area contributed by atoms with Crippen molar-refractivity contribution in [1.82, 2.24) is 20.4 Å². The number of amides is 2. The number of rotatable bonds is 4. The van der Waals surface area contributed by atoms with Gasteiger partial charge in [0.2, 0.25) is 11.7 Å². The molecule has 1 unspecified atom stereocenters. The van der Waals surface area contributed by atoms with E-state index in [2.05, 4.69) is 15.5 Å². The maximum atomic E-state index is 13.3. The highest BCUT2D eigenvalue weighted by molar-refractivity contribution is 5.75. The van der Waals surface area contributed by atoms with Crippen LogP contribution in [0, 0.1) is 11.7 Å². The van der Waals surface area contributed by atoms with Crippen molar-refractivity contribution >= 4 is 12.0 Å². The van der Waals surface area contributed by atoms with Gasteiger partial charge in [0.1, 0.15) is 11.9 Å². The Hall–Kier alpha value is -2.97. The number of aliphatic carboxylic acids is 1. The van der Waals surface area contributed by atoms with Crippen LogP contribution in [0.2, 0.25) is 0 Å². The third-order valence-corrected chi connectivity index (χ3v) is 4.37. The summed E-state index contributed by atoms with van der Waals surface area (Å²) in [5.74, 6) is -1.18. The molecule has 8 nitrogen and oxygen atoms in total. The van der Waals surface area contributed by atoms with Gasteiger partial charge in [-0.25, -0.2) is 9.18 Å². The lowest BCUT2D eigenvalue weighted by Crippen LogP contribution is -2.46. The predicted octanol–water partition coefficient (Wildman–Crippen LogP) is 2.44. The number of benzene rings is 1. The summed E-state index contributed by atoms with van der Waals surface area (Å²) in [5.41, 5.74) is 0.481. The Bertz CT molecular complexity index is 802. The molecule has 1 aromatic carbocycles. The third-order valence-electron chi connectivity index (χ3n) is 4.37. The average molecular weight is 362 g/mol. The number of hydrogen-bond acceptors (Lipinski definition) is 5. The van der Waals surface area contributed by atoms with Gasteiger partial charge in [-0.05, 0) is 31.9 Å². The second-order valence-electron chi connectivity index (χ2n) is 6.24. The van der Waals surface area contributed by atoms with E-state index in [1.807, 2.05) is 0 Å². The molecule has 0 bridgehead atoms. The first-order chi connectivity index (χ1) is 12.4. The second-order valence-corrected chi connectivity index (χ2v) is 6.24. The smallest absolute Gasteiger partial charge is 0.318 e. The van der Waals surface area contributed by atoms with Crippen LogP contribution in [0.15, 0.2) is 28.8 Å². The quantitative estimate of drug-likeness (QED) is 0.865. The number of aromatic nitrogens is 2. The van der Waals surface area contributed by atoms with E-state index in [0.29, 0.717) is 31.5 Å². The molecule has 1 aromatic heterocycles. The summed E-state index contributed by atoms with van der Waals surface area (Å²) in [6, 6.07) is 4.98. The molecule has 2 aromatic rings. The van der Waals surface area contributed by atoms with Crippen molar-refractivity contribution in [2.24, 2.45) is 5.92 Å². The van der Waals surface area contributed by atoms with E-state index in [4.69, 9.17) is 9.63 Å². The van der Waals surface area contributed by atoms with Gasteiger partial charge < -0.3 is 19.8 Å². The summed E-state index contributed by atoms with van der Waals surface area (Å²) < 4.78 is 18.5. The van der Waals surface area contributed by atoms with Gasteiger partial charge in [0.05, 0.1) is 5.92 Å². The van der Waals surface area contributed by atoms with Gasteiger partial charge in [-0.15, -0.1) is 0 Å². The van der Waals surface area contributed by atoms with E-state index in [-0.39, 0.29) is 17.7 Å². The number of carboxylic acid groups (broad SMARTS) is 1. The maximum Gasteiger partial charge on any atom is 0.318 e. The Morgan fingerprint density at radius 2 is 2.12 bits per heavy atom. The summed E-state index contributed by atoms with van der Waals surface area (Å²) in [7, 11) is 0. The van der Waals surface area contributed by atoms with Crippen LogP contribution in [0.5, 0.6) is 0 Å². The number of carbonyl (C=O) groups is 2. The Morgan fingerprint density at radius 3 is 2.77 bits per heavy atom. The lowest BCUT2D eigenvalue weighted by atomic mass is 9.97. The number of carboxylic acids is 1. The van der Waals surface area contributed by atoms with Gasteiger partial charge >= 0.3 is 12.0 Å². The molecule has 2 N–H and O–H groups in total. The lowest BCUT2D eigenvalue weighted by Gasteiger charge is -2.30. The van der Waals surface area contributed by atoms with E-state index in [1.165, 1.54) is 12.1 Å². The van der Waals surface area contributed by atoms with E-state index >= 15 is 0 Å². The number of carbonyl (C=O) groups excluding carboxylic acids is 1. The number of urea groups is 1. The topological polar surface area (TPSA) is 109 Å². The Balaban J connectivity index is 1.59. The van der Waals surface area contributed by atoms with Crippen molar-refractivity contribution in [3.05, 3.63) is 36.0 Å². The minimum atomic E-state index is -0.825. The van der Waals surface area contributed by atoms with Crippen LogP contribution in [-0.4, -0.2) is 45.2 Å². The van der Waals surface area contributed by atoms with Crippen LogP contribution in [0.1, 0.15) is 31.7 Å². The van der Waals surface area contributed by atoms with Crippen LogP contribution < -0.4 is 5.32 Å². The van der Waals surface area contributed by atoms with Gasteiger partial charge in [-0.1, -0.05) is 17.3 Å². The number of likely N-dealkylation sites (tertiary alicyclic amines) is 1. The van der Waals surface area contributed by atoms with Gasteiger partial charge in [0, 0.05) is 18.7 Å². The molecule has 0 aliphatic carbocycles. The third kappa shape index (κ3) is 3.98. The molecule has 3 rings (SSSR count). The normalized spacial score (nSPS) is 16.3. The zero-order valence-electron chi connectivity index (χ0n) is 14.2. The van der Waals surface area contributed by atoms with E-state index in [0.717, 1.165) is 0 Å². The van der Waals surface area contributed by atoms with Crippen molar-refractivity contribution in [3.8, 4) is 11.4 Å². The van der Waals surface area contributed by atoms with Crippen molar-refractivity contribution in [1.29, 1.82) is 0 Å². The predicted molar refractivity (Wildman–Crippen MR) is 88.6 cm³/mol. The first-order valence-electron chi connectivity index (χ1n) is 8.32. The summed E-state index contributed by atoms with van der Waals surface area (Å²) in [4.78, 5) is 29.0. The molecule has 1 atom stereocenters. The van der Waals surface area contributed by atoms with Crippen LogP contribution in [-0.2, 0) is 4.79 Å². The summed E-state index contributed by atoms with van der Waals surface area (Å²) in [6.07, 6.45) is 0.864. The zero-order chi connectivity index (χ0) is 18.7. The summed E-state index contributed by atoms with van der Waals surface area (Å²) >= 11 is 0. The molecule has 1 aliphatic rings. The number of piperidine rings is 1. The van der Waals surface area contributed by atoms with Crippen LogP contribution in [0.4, 0.5) is 9.18 Å². The fraction of sp³-hybridized carbons (Fsp3) is 0.412. The molecular formula is C17H19FN4O4. The van der Waals surface area contributed by atoms with Crippen molar-refractivity contribution in [2.45, 2.75) is 25.8 Å². The highest BCUT2D eigenvalue weighted by Crippen LogP contribution is 2.21. The number of nitrogens with one attached hydrogen (secondary N) is 1. The molecule has 1 aliphatic heterocycles. The highest BCUT2D eigenvalue weighted by atomic mass is 19.1. The van der Waals surface area contributed by atoms with E-state index in [9.17, 15) is 14.0 Å². The van der Waals surface area contributed by atoms with E-state index < -0.39 is 23.7 Å². The molecule has 1 fully saturated rings. The molecule has 2 heterocycles. The molecule has 9 heteroatoms. The lowest BCUT2D eigenvalue weighted by molar-refractivity contribution is -0.143. The molecular weight excluding hydrogens is 343 g/mol. The Morgan fingerprint density at radius 1 is 1.38 bits per heavy atom. The second kappa shape index (κ2) is 7.51. The van der Waals surface area contributed by atoms with Crippen LogP contribution in [0.25, 0.3) is 11.4 Å². The summed E-state index contributed by atoms with van der Waals surface area (Å²) in [6.45, 7) is 2.46. The molecule has 2 amide bonds. The van der Waals surface area contributed by atoms with Crippen molar-refractivity contribution < 1.29 is 23.6 Å². The molecule has 1 saturated heterocycles.